The van der Waals surface area contributed by atoms with Gasteiger partial charge in [0.25, 0.3) is 0 Å². The zero-order chi connectivity index (χ0) is 16.7. The Morgan fingerprint density at radius 3 is 2.96 bits per heavy atom. The van der Waals surface area contributed by atoms with Gasteiger partial charge in [0.2, 0.25) is 5.91 Å². The van der Waals surface area contributed by atoms with E-state index < -0.39 is 0 Å². The molecule has 1 unspecified atom stereocenters. The van der Waals surface area contributed by atoms with E-state index in [1.54, 1.807) is 18.1 Å². The smallest absolute Gasteiger partial charge is 0.248 e. The van der Waals surface area contributed by atoms with Crippen LogP contribution in [-0.4, -0.2) is 56.5 Å². The zero-order valence-electron chi connectivity index (χ0n) is 13.5. The average Bonchev–Trinajstić information content (AvgIpc) is 3.03. The largest absolute Gasteiger partial charge is 0.496 e. The van der Waals surface area contributed by atoms with Crippen LogP contribution in [-0.2, 0) is 14.4 Å². The maximum atomic E-state index is 12.0. The molecule has 0 spiro atoms. The summed E-state index contributed by atoms with van der Waals surface area (Å²) in [6.07, 6.45) is 2.12. The quantitative estimate of drug-likeness (QED) is 0.686. The first-order chi connectivity index (χ1) is 11.2. The third-order valence-corrected chi connectivity index (χ3v) is 3.54. The van der Waals surface area contributed by atoms with Gasteiger partial charge in [-0.05, 0) is 12.1 Å². The minimum absolute atomic E-state index is 0.0424. The van der Waals surface area contributed by atoms with Crippen molar-refractivity contribution in [1.29, 1.82) is 0 Å². The molecule has 1 atom stereocenters. The Morgan fingerprint density at radius 1 is 1.48 bits per heavy atom. The summed E-state index contributed by atoms with van der Waals surface area (Å²) in [5, 5.41) is 4.16. The summed E-state index contributed by atoms with van der Waals surface area (Å²) >= 11 is 0. The van der Waals surface area contributed by atoms with Crippen molar-refractivity contribution in [3.63, 3.8) is 0 Å². The highest BCUT2D eigenvalue weighted by atomic mass is 16.6. The van der Waals surface area contributed by atoms with Crippen LogP contribution in [0.5, 0.6) is 5.75 Å². The van der Waals surface area contributed by atoms with Crippen LogP contribution in [0.25, 0.3) is 0 Å². The normalized spacial score (nSPS) is 16.4. The first kappa shape index (κ1) is 17.0. The number of para-hydroxylation sites is 1. The average molecular weight is 318 g/mol. The van der Waals surface area contributed by atoms with Crippen LogP contribution in [0.1, 0.15) is 12.0 Å². The highest BCUT2D eigenvalue weighted by Crippen LogP contribution is 2.24. The number of hydrogen-bond acceptors (Lipinski definition) is 5. The van der Waals surface area contributed by atoms with Gasteiger partial charge in [0.05, 0.1) is 19.4 Å². The van der Waals surface area contributed by atoms with Gasteiger partial charge in [0.1, 0.15) is 12.4 Å². The van der Waals surface area contributed by atoms with Crippen molar-refractivity contribution < 1.29 is 19.1 Å². The molecule has 0 aromatic heterocycles. The Kier molecular flexibility index (Phi) is 6.17. The van der Waals surface area contributed by atoms with Gasteiger partial charge in [-0.1, -0.05) is 23.4 Å². The lowest BCUT2D eigenvalue weighted by molar-refractivity contribution is -0.136. The van der Waals surface area contributed by atoms with Crippen molar-refractivity contribution in [2.75, 3.05) is 33.9 Å². The molecule has 0 aliphatic carbocycles. The number of ether oxygens (including phenoxy) is 2. The number of amides is 1. The second kappa shape index (κ2) is 8.33. The van der Waals surface area contributed by atoms with Crippen molar-refractivity contribution >= 4 is 11.6 Å². The summed E-state index contributed by atoms with van der Waals surface area (Å²) < 4.78 is 10.3. The molecule has 23 heavy (non-hydrogen) atoms. The van der Waals surface area contributed by atoms with E-state index in [1.807, 2.05) is 24.3 Å². The minimum atomic E-state index is -0.185. The molecular weight excluding hydrogens is 296 g/mol. The SMILES string of the molecule is C=CCN(CC1CC(c2ccccc2OC)=NO1)C(=O)COC. The lowest BCUT2D eigenvalue weighted by Crippen LogP contribution is -2.39. The summed E-state index contributed by atoms with van der Waals surface area (Å²) in [7, 11) is 3.13. The predicted molar refractivity (Wildman–Crippen MR) is 87.7 cm³/mol. The van der Waals surface area contributed by atoms with Gasteiger partial charge in [-0.2, -0.15) is 0 Å². The van der Waals surface area contributed by atoms with Crippen molar-refractivity contribution in [2.45, 2.75) is 12.5 Å². The number of oxime groups is 1. The Hall–Kier alpha value is -2.34. The molecule has 1 aromatic rings. The Bertz CT molecular complexity index is 586. The van der Waals surface area contributed by atoms with Gasteiger partial charge in [-0.3, -0.25) is 4.79 Å². The standard InChI is InChI=1S/C17H22N2O4/c1-4-9-19(17(20)12-21-2)11-13-10-15(18-23-13)14-7-5-6-8-16(14)22-3/h4-8,13H,1,9-12H2,2-3H3. The van der Waals surface area contributed by atoms with Crippen molar-refractivity contribution in [2.24, 2.45) is 5.16 Å². The highest BCUT2D eigenvalue weighted by molar-refractivity contribution is 6.03. The number of benzene rings is 1. The summed E-state index contributed by atoms with van der Waals surface area (Å²) in [5.41, 5.74) is 1.74. The second-order valence-electron chi connectivity index (χ2n) is 5.19. The molecule has 1 aliphatic rings. The van der Waals surface area contributed by atoms with Gasteiger partial charge in [-0.25, -0.2) is 0 Å². The van der Waals surface area contributed by atoms with Crippen LogP contribution in [0.2, 0.25) is 0 Å². The van der Waals surface area contributed by atoms with E-state index in [-0.39, 0.29) is 18.6 Å². The molecule has 6 nitrogen and oxygen atoms in total. The Morgan fingerprint density at radius 2 is 2.26 bits per heavy atom. The number of carbonyl (C=O) groups is 1. The van der Waals surface area contributed by atoms with Crippen LogP contribution in [0.4, 0.5) is 0 Å². The molecule has 6 heteroatoms. The van der Waals surface area contributed by atoms with Crippen molar-refractivity contribution in [3.8, 4) is 5.75 Å². The number of rotatable bonds is 8. The lowest BCUT2D eigenvalue weighted by Gasteiger charge is -2.23. The van der Waals surface area contributed by atoms with Crippen LogP contribution in [0.3, 0.4) is 0 Å². The lowest BCUT2D eigenvalue weighted by atomic mass is 10.0. The van der Waals surface area contributed by atoms with Crippen molar-refractivity contribution in [1.82, 2.24) is 4.90 Å². The molecule has 0 saturated carbocycles. The molecule has 1 aromatic carbocycles. The maximum Gasteiger partial charge on any atom is 0.248 e. The molecule has 1 amide bonds. The zero-order valence-corrected chi connectivity index (χ0v) is 13.5. The predicted octanol–water partition coefficient (Wildman–Crippen LogP) is 1.85. The topological polar surface area (TPSA) is 60.4 Å². The molecule has 124 valence electrons. The van der Waals surface area contributed by atoms with E-state index in [9.17, 15) is 4.79 Å². The van der Waals surface area contributed by atoms with E-state index in [4.69, 9.17) is 14.3 Å². The van der Waals surface area contributed by atoms with Crippen LogP contribution < -0.4 is 4.74 Å². The number of methoxy groups -OCH3 is 2. The third-order valence-electron chi connectivity index (χ3n) is 3.54. The van der Waals surface area contributed by atoms with E-state index in [2.05, 4.69) is 11.7 Å². The molecule has 0 saturated heterocycles. The van der Waals surface area contributed by atoms with Gasteiger partial charge in [0.15, 0.2) is 6.10 Å². The molecular formula is C17H22N2O4. The van der Waals surface area contributed by atoms with Crippen LogP contribution in [0.15, 0.2) is 42.1 Å². The fourth-order valence-corrected chi connectivity index (χ4v) is 2.46. The molecule has 0 bridgehead atoms. The van der Waals surface area contributed by atoms with E-state index in [1.165, 1.54) is 7.11 Å². The summed E-state index contributed by atoms with van der Waals surface area (Å²) in [5.74, 6) is 0.663. The van der Waals surface area contributed by atoms with Gasteiger partial charge in [0, 0.05) is 25.6 Å². The molecule has 2 rings (SSSR count). The fraction of sp³-hybridized carbons (Fsp3) is 0.412. The van der Waals surface area contributed by atoms with Gasteiger partial charge in [-0.15, -0.1) is 6.58 Å². The second-order valence-corrected chi connectivity index (χ2v) is 5.19. The van der Waals surface area contributed by atoms with E-state index in [0.717, 1.165) is 17.0 Å². The first-order valence-corrected chi connectivity index (χ1v) is 7.43. The van der Waals surface area contributed by atoms with Crippen LogP contribution in [0, 0.1) is 0 Å². The maximum absolute atomic E-state index is 12.0. The summed E-state index contributed by atoms with van der Waals surface area (Å²) in [6.45, 7) is 4.62. The Labute approximate surface area is 136 Å². The van der Waals surface area contributed by atoms with Gasteiger partial charge >= 0.3 is 0 Å². The molecule has 0 radical (unpaired) electrons. The molecule has 0 fully saturated rings. The third kappa shape index (κ3) is 4.32. The number of carbonyl (C=O) groups excluding carboxylic acids is 1. The fourth-order valence-electron chi connectivity index (χ4n) is 2.46. The molecule has 1 aliphatic heterocycles. The minimum Gasteiger partial charge on any atom is -0.496 e. The van der Waals surface area contributed by atoms with Crippen LogP contribution >= 0.6 is 0 Å². The highest BCUT2D eigenvalue weighted by Gasteiger charge is 2.27. The number of hydrogen-bond donors (Lipinski definition) is 0. The summed E-state index contributed by atoms with van der Waals surface area (Å²) in [4.78, 5) is 19.2. The number of nitrogens with zero attached hydrogens (tertiary/aromatic N) is 2. The molecule has 1 heterocycles. The summed E-state index contributed by atoms with van der Waals surface area (Å²) in [6, 6.07) is 7.67. The van der Waals surface area contributed by atoms with Gasteiger partial charge < -0.3 is 19.2 Å². The first-order valence-electron chi connectivity index (χ1n) is 7.43. The Balaban J connectivity index is 2.00. The van der Waals surface area contributed by atoms with E-state index in [0.29, 0.717) is 19.5 Å². The monoisotopic (exact) mass is 318 g/mol. The van der Waals surface area contributed by atoms with Crippen molar-refractivity contribution in [3.05, 3.63) is 42.5 Å². The van der Waals surface area contributed by atoms with E-state index >= 15 is 0 Å². The molecule has 0 N–H and O–H groups in total.